The van der Waals surface area contributed by atoms with Crippen molar-refractivity contribution >= 4 is 10.8 Å². The van der Waals surface area contributed by atoms with E-state index in [2.05, 4.69) is 6.07 Å². The largest absolute Gasteiger partial charge is 0.493 e. The maximum atomic E-state index is 11.9. The first-order chi connectivity index (χ1) is 9.78. The third-order valence-electron chi connectivity index (χ3n) is 2.71. The lowest BCUT2D eigenvalue weighted by atomic mass is 10.2. The minimum Gasteiger partial charge on any atom is -0.493 e. The van der Waals surface area contributed by atoms with Gasteiger partial charge in [-0.15, -0.1) is 0 Å². The molecule has 4 heteroatoms. The molecule has 0 spiro atoms. The fourth-order valence-electron chi connectivity index (χ4n) is 1.74. The Kier molecular flexibility index (Phi) is 5.33. The summed E-state index contributed by atoms with van der Waals surface area (Å²) in [7, 11) is -0.942. The van der Waals surface area contributed by atoms with Crippen LogP contribution in [0.3, 0.4) is 0 Å². The highest BCUT2D eigenvalue weighted by molar-refractivity contribution is 7.84. The van der Waals surface area contributed by atoms with Crippen LogP contribution in [0.25, 0.3) is 0 Å². The normalized spacial score (nSPS) is 11.6. The number of nitrogens with zero attached hydrogens (tertiary/aromatic N) is 1. The van der Waals surface area contributed by atoms with Gasteiger partial charge < -0.3 is 4.74 Å². The molecule has 1 unspecified atom stereocenters. The first-order valence-electron chi connectivity index (χ1n) is 6.30. The molecule has 0 aromatic heterocycles. The first kappa shape index (κ1) is 14.3. The van der Waals surface area contributed by atoms with Crippen LogP contribution in [0, 0.1) is 11.3 Å². The monoisotopic (exact) mass is 285 g/mol. The van der Waals surface area contributed by atoms with Crippen molar-refractivity contribution in [2.24, 2.45) is 0 Å². The van der Waals surface area contributed by atoms with Gasteiger partial charge in [-0.3, -0.25) is 4.21 Å². The average molecular weight is 285 g/mol. The molecule has 0 fully saturated rings. The standard InChI is InChI=1S/C16H15NO2S/c17-12-15-7-4-8-16(11-15)19-9-10-20(18)13-14-5-2-1-3-6-14/h1-8,11H,9-10,13H2. The number of hydrogen-bond acceptors (Lipinski definition) is 3. The summed E-state index contributed by atoms with van der Waals surface area (Å²) in [6, 6.07) is 18.8. The molecular weight excluding hydrogens is 270 g/mol. The molecule has 0 N–H and O–H groups in total. The first-order valence-corrected chi connectivity index (χ1v) is 7.78. The third-order valence-corrected chi connectivity index (χ3v) is 3.99. The van der Waals surface area contributed by atoms with E-state index < -0.39 is 10.8 Å². The summed E-state index contributed by atoms with van der Waals surface area (Å²) in [5, 5.41) is 8.79. The second-order valence-corrected chi connectivity index (χ2v) is 5.84. The van der Waals surface area contributed by atoms with E-state index in [0.29, 0.717) is 29.4 Å². The molecule has 0 bridgehead atoms. The van der Waals surface area contributed by atoms with Crippen molar-refractivity contribution in [1.29, 1.82) is 5.26 Å². The molecule has 2 aromatic carbocycles. The van der Waals surface area contributed by atoms with Crippen LogP contribution in [0.2, 0.25) is 0 Å². The Morgan fingerprint density at radius 2 is 1.90 bits per heavy atom. The lowest BCUT2D eigenvalue weighted by Gasteiger charge is -2.06. The molecule has 0 aliphatic rings. The molecule has 0 radical (unpaired) electrons. The summed E-state index contributed by atoms with van der Waals surface area (Å²) in [4.78, 5) is 0. The van der Waals surface area contributed by atoms with Gasteiger partial charge in [0.2, 0.25) is 0 Å². The van der Waals surface area contributed by atoms with Crippen molar-refractivity contribution in [3.8, 4) is 11.8 Å². The van der Waals surface area contributed by atoms with Gasteiger partial charge in [-0.2, -0.15) is 5.26 Å². The van der Waals surface area contributed by atoms with Crippen molar-refractivity contribution in [3.63, 3.8) is 0 Å². The summed E-state index contributed by atoms with van der Waals surface area (Å²) >= 11 is 0. The topological polar surface area (TPSA) is 50.1 Å². The molecule has 3 nitrogen and oxygen atoms in total. The van der Waals surface area contributed by atoms with Crippen LogP contribution < -0.4 is 4.74 Å². The number of nitriles is 1. The van der Waals surface area contributed by atoms with Gasteiger partial charge in [0, 0.05) is 16.6 Å². The van der Waals surface area contributed by atoms with E-state index in [1.807, 2.05) is 30.3 Å². The summed E-state index contributed by atoms with van der Waals surface area (Å²) in [5.41, 5.74) is 1.63. The maximum Gasteiger partial charge on any atom is 0.120 e. The highest BCUT2D eigenvalue weighted by Crippen LogP contribution is 2.12. The van der Waals surface area contributed by atoms with Crippen molar-refractivity contribution in [1.82, 2.24) is 0 Å². The zero-order chi connectivity index (χ0) is 14.2. The van der Waals surface area contributed by atoms with Crippen molar-refractivity contribution in [2.75, 3.05) is 12.4 Å². The quantitative estimate of drug-likeness (QED) is 0.820. The van der Waals surface area contributed by atoms with E-state index in [1.54, 1.807) is 24.3 Å². The van der Waals surface area contributed by atoms with Crippen LogP contribution in [0.4, 0.5) is 0 Å². The van der Waals surface area contributed by atoms with Crippen LogP contribution in [-0.2, 0) is 16.6 Å². The predicted molar refractivity (Wildman–Crippen MR) is 79.8 cm³/mol. The number of benzene rings is 2. The van der Waals surface area contributed by atoms with Crippen LogP contribution in [-0.4, -0.2) is 16.6 Å². The summed E-state index contributed by atoms with van der Waals surface area (Å²) in [6.45, 7) is 0.383. The van der Waals surface area contributed by atoms with E-state index in [-0.39, 0.29) is 0 Å². The summed E-state index contributed by atoms with van der Waals surface area (Å²) in [6.07, 6.45) is 0. The molecule has 0 saturated heterocycles. The Balaban J connectivity index is 1.78. The second-order valence-electron chi connectivity index (χ2n) is 4.26. The average Bonchev–Trinajstić information content (AvgIpc) is 2.48. The maximum absolute atomic E-state index is 11.9. The van der Waals surface area contributed by atoms with E-state index >= 15 is 0 Å². The molecule has 0 aliphatic carbocycles. The minimum atomic E-state index is -0.942. The fourth-order valence-corrected chi connectivity index (χ4v) is 2.72. The molecular formula is C16H15NO2S. The Bertz CT molecular complexity index is 620. The smallest absolute Gasteiger partial charge is 0.120 e. The molecule has 20 heavy (non-hydrogen) atoms. The Labute approximate surface area is 121 Å². The predicted octanol–water partition coefficient (Wildman–Crippen LogP) is 2.89. The van der Waals surface area contributed by atoms with Gasteiger partial charge in [-0.25, -0.2) is 0 Å². The molecule has 2 rings (SSSR count). The lowest BCUT2D eigenvalue weighted by molar-refractivity contribution is 0.342. The van der Waals surface area contributed by atoms with Crippen molar-refractivity contribution in [3.05, 3.63) is 65.7 Å². The molecule has 0 heterocycles. The van der Waals surface area contributed by atoms with Crippen molar-refractivity contribution in [2.45, 2.75) is 5.75 Å². The highest BCUT2D eigenvalue weighted by Gasteiger charge is 2.02. The molecule has 102 valence electrons. The third kappa shape index (κ3) is 4.52. The summed E-state index contributed by atoms with van der Waals surface area (Å²) < 4.78 is 17.4. The molecule has 2 aromatic rings. The molecule has 0 amide bonds. The second kappa shape index (κ2) is 7.46. The van der Waals surface area contributed by atoms with Crippen LogP contribution in [0.1, 0.15) is 11.1 Å². The van der Waals surface area contributed by atoms with Gasteiger partial charge in [0.05, 0.1) is 24.0 Å². The van der Waals surface area contributed by atoms with E-state index in [4.69, 9.17) is 10.00 Å². The highest BCUT2D eigenvalue weighted by atomic mass is 32.2. The Morgan fingerprint density at radius 1 is 1.10 bits per heavy atom. The van der Waals surface area contributed by atoms with E-state index in [9.17, 15) is 4.21 Å². The van der Waals surface area contributed by atoms with Crippen molar-refractivity contribution < 1.29 is 8.95 Å². The zero-order valence-corrected chi connectivity index (χ0v) is 11.8. The number of rotatable bonds is 6. The fraction of sp³-hybridized carbons (Fsp3) is 0.188. The van der Waals surface area contributed by atoms with Crippen LogP contribution in [0.15, 0.2) is 54.6 Å². The van der Waals surface area contributed by atoms with Gasteiger partial charge >= 0.3 is 0 Å². The minimum absolute atomic E-state index is 0.383. The van der Waals surface area contributed by atoms with Gasteiger partial charge in [0.1, 0.15) is 5.75 Å². The number of hydrogen-bond donors (Lipinski definition) is 0. The van der Waals surface area contributed by atoms with Gasteiger partial charge in [0.15, 0.2) is 0 Å². The lowest BCUT2D eigenvalue weighted by Crippen LogP contribution is -2.10. The number of ether oxygens (including phenoxy) is 1. The van der Waals surface area contributed by atoms with Gasteiger partial charge in [-0.1, -0.05) is 36.4 Å². The van der Waals surface area contributed by atoms with Gasteiger partial charge in [0.25, 0.3) is 0 Å². The molecule has 1 atom stereocenters. The molecule has 0 aliphatic heterocycles. The van der Waals surface area contributed by atoms with Gasteiger partial charge in [-0.05, 0) is 23.8 Å². The Morgan fingerprint density at radius 3 is 2.65 bits per heavy atom. The Hall–Kier alpha value is -2.12. The van der Waals surface area contributed by atoms with Crippen LogP contribution >= 0.6 is 0 Å². The van der Waals surface area contributed by atoms with E-state index in [0.717, 1.165) is 5.56 Å². The summed E-state index contributed by atoms with van der Waals surface area (Å²) in [5.74, 6) is 1.66. The SMILES string of the molecule is N#Cc1cccc(OCCS(=O)Cc2ccccc2)c1. The zero-order valence-electron chi connectivity index (χ0n) is 11.0. The van der Waals surface area contributed by atoms with E-state index in [1.165, 1.54) is 0 Å². The van der Waals surface area contributed by atoms with Crippen LogP contribution in [0.5, 0.6) is 5.75 Å². The molecule has 0 saturated carbocycles.